The smallest absolute Gasteiger partial charge is 0.263 e. The lowest BCUT2D eigenvalue weighted by Gasteiger charge is -2.29. The van der Waals surface area contributed by atoms with Gasteiger partial charge in [-0.1, -0.05) is 17.7 Å². The number of hydrogen-bond acceptors (Lipinski definition) is 5. The largest absolute Gasteiger partial charge is 0.460 e. The number of rotatable bonds is 6. The van der Waals surface area contributed by atoms with Crippen LogP contribution in [0.25, 0.3) is 0 Å². The van der Waals surface area contributed by atoms with E-state index in [1.165, 1.54) is 7.11 Å². The first-order chi connectivity index (χ1) is 8.05. The fourth-order valence-corrected chi connectivity index (χ4v) is 1.52. The number of nitrogens with zero attached hydrogens (tertiary/aromatic N) is 1. The molecule has 1 rings (SSSR count). The molecule has 0 bridgehead atoms. The van der Waals surface area contributed by atoms with E-state index in [0.717, 1.165) is 5.56 Å². The van der Waals surface area contributed by atoms with E-state index < -0.39 is 11.8 Å². The quantitative estimate of drug-likeness (QED) is 0.767. The highest BCUT2D eigenvalue weighted by Gasteiger charge is 2.37. The molecule has 0 aliphatic rings. The third-order valence-electron chi connectivity index (χ3n) is 2.62. The lowest BCUT2D eigenvalue weighted by Crippen LogP contribution is -2.48. The number of hydrogen-bond donors (Lipinski definition) is 1. The number of ether oxygens (including phenoxy) is 2. The van der Waals surface area contributed by atoms with Gasteiger partial charge in [0.25, 0.3) is 5.72 Å². The number of nitroso groups, excluding NO2 is 1. The maximum Gasteiger partial charge on any atom is 0.263 e. The number of aryl methyl sites for hydroxylation is 1. The fourth-order valence-electron chi connectivity index (χ4n) is 1.52. The van der Waals surface area contributed by atoms with Crippen LogP contribution in [0.1, 0.15) is 12.5 Å². The molecule has 2 unspecified atom stereocenters. The lowest BCUT2D eigenvalue weighted by molar-refractivity contribution is -0.0545. The van der Waals surface area contributed by atoms with Gasteiger partial charge in [-0.3, -0.25) is 0 Å². The molecule has 0 amide bonds. The van der Waals surface area contributed by atoms with Crippen LogP contribution in [0.2, 0.25) is 0 Å². The van der Waals surface area contributed by atoms with Crippen molar-refractivity contribution in [3.63, 3.8) is 0 Å². The van der Waals surface area contributed by atoms with Crippen LogP contribution in [-0.2, 0) is 4.74 Å². The molecule has 17 heavy (non-hydrogen) atoms. The summed E-state index contributed by atoms with van der Waals surface area (Å²) < 4.78 is 10.7. The molecule has 0 heterocycles. The second kappa shape index (κ2) is 5.75. The van der Waals surface area contributed by atoms with Gasteiger partial charge in [-0.15, -0.1) is 4.91 Å². The second-order valence-electron chi connectivity index (χ2n) is 4.02. The van der Waals surface area contributed by atoms with Crippen LogP contribution in [0.15, 0.2) is 29.4 Å². The van der Waals surface area contributed by atoms with Gasteiger partial charge < -0.3 is 15.2 Å². The first-order valence-electron chi connectivity index (χ1n) is 5.38. The van der Waals surface area contributed by atoms with Crippen LogP contribution in [0, 0.1) is 11.8 Å². The average Bonchev–Trinajstić information content (AvgIpc) is 2.33. The molecule has 2 N–H and O–H groups in total. The predicted molar refractivity (Wildman–Crippen MR) is 65.9 cm³/mol. The zero-order chi connectivity index (χ0) is 12.9. The van der Waals surface area contributed by atoms with Gasteiger partial charge in [-0.2, -0.15) is 0 Å². The Kier molecular flexibility index (Phi) is 4.60. The maximum absolute atomic E-state index is 10.9. The van der Waals surface area contributed by atoms with Gasteiger partial charge in [0.05, 0.1) is 0 Å². The third kappa shape index (κ3) is 3.25. The second-order valence-corrected chi connectivity index (χ2v) is 4.02. The van der Waals surface area contributed by atoms with Crippen molar-refractivity contribution in [2.24, 2.45) is 10.9 Å². The standard InChI is InChI=1S/C12H18N2O3/c1-9-4-6-10(7-5-9)17-12(2,14-15)11(8-13)16-3/h4-7,11H,8,13H2,1-3H3. The Labute approximate surface area is 101 Å². The minimum absolute atomic E-state index is 0.157. The molecule has 0 fully saturated rings. The van der Waals surface area contributed by atoms with Gasteiger partial charge in [-0.05, 0) is 24.2 Å². The fraction of sp³-hybridized carbons (Fsp3) is 0.500. The molecule has 0 aromatic heterocycles. The van der Waals surface area contributed by atoms with Gasteiger partial charge >= 0.3 is 0 Å². The Morgan fingerprint density at radius 3 is 2.41 bits per heavy atom. The van der Waals surface area contributed by atoms with Crippen molar-refractivity contribution in [1.29, 1.82) is 0 Å². The van der Waals surface area contributed by atoms with E-state index in [2.05, 4.69) is 5.18 Å². The molecule has 2 atom stereocenters. The summed E-state index contributed by atoms with van der Waals surface area (Å²) in [4.78, 5) is 10.9. The lowest BCUT2D eigenvalue weighted by atomic mass is 10.1. The summed E-state index contributed by atoms with van der Waals surface area (Å²) in [6, 6.07) is 7.35. The predicted octanol–water partition coefficient (Wildman–Crippen LogP) is 1.83. The van der Waals surface area contributed by atoms with Crippen LogP contribution in [0.4, 0.5) is 0 Å². The molecule has 0 radical (unpaired) electrons. The summed E-state index contributed by atoms with van der Waals surface area (Å²) in [5, 5.41) is 3.00. The van der Waals surface area contributed by atoms with E-state index in [-0.39, 0.29) is 6.54 Å². The van der Waals surface area contributed by atoms with E-state index >= 15 is 0 Å². The molecule has 0 saturated heterocycles. The molecular weight excluding hydrogens is 220 g/mol. The van der Waals surface area contributed by atoms with Gasteiger partial charge in [0.15, 0.2) is 0 Å². The summed E-state index contributed by atoms with van der Waals surface area (Å²) in [5.74, 6) is 0.563. The molecule has 0 aliphatic carbocycles. The van der Waals surface area contributed by atoms with Gasteiger partial charge in [0, 0.05) is 20.6 Å². The van der Waals surface area contributed by atoms with Crippen molar-refractivity contribution in [2.45, 2.75) is 25.7 Å². The summed E-state index contributed by atoms with van der Waals surface area (Å²) in [6.07, 6.45) is -0.582. The van der Waals surface area contributed by atoms with E-state index in [4.69, 9.17) is 15.2 Å². The van der Waals surface area contributed by atoms with Crippen molar-refractivity contribution < 1.29 is 9.47 Å². The Morgan fingerprint density at radius 1 is 1.41 bits per heavy atom. The van der Waals surface area contributed by atoms with E-state index in [9.17, 15) is 4.91 Å². The van der Waals surface area contributed by atoms with Gasteiger partial charge in [0.2, 0.25) is 0 Å². The van der Waals surface area contributed by atoms with Gasteiger partial charge in [0.1, 0.15) is 11.9 Å². The zero-order valence-corrected chi connectivity index (χ0v) is 10.3. The number of nitrogens with two attached hydrogens (primary N) is 1. The molecule has 0 spiro atoms. The van der Waals surface area contributed by atoms with Crippen LogP contribution in [-0.4, -0.2) is 25.5 Å². The minimum atomic E-state index is -1.32. The van der Waals surface area contributed by atoms with Crippen LogP contribution < -0.4 is 10.5 Å². The molecule has 94 valence electrons. The molecule has 1 aromatic rings. The maximum atomic E-state index is 10.9. The van der Waals surface area contributed by atoms with Crippen molar-refractivity contribution in [1.82, 2.24) is 0 Å². The summed E-state index contributed by atoms with van der Waals surface area (Å²) >= 11 is 0. The van der Waals surface area contributed by atoms with Crippen LogP contribution in [0.5, 0.6) is 5.75 Å². The topological polar surface area (TPSA) is 73.9 Å². The number of benzene rings is 1. The SMILES string of the molecule is COC(CN)C(C)(N=O)Oc1ccc(C)cc1. The van der Waals surface area contributed by atoms with Crippen molar-refractivity contribution >= 4 is 0 Å². The van der Waals surface area contributed by atoms with Crippen LogP contribution in [0.3, 0.4) is 0 Å². The van der Waals surface area contributed by atoms with Gasteiger partial charge in [-0.25, -0.2) is 0 Å². The summed E-state index contributed by atoms with van der Waals surface area (Å²) in [7, 11) is 1.47. The molecule has 5 heteroatoms. The van der Waals surface area contributed by atoms with E-state index in [1.807, 2.05) is 19.1 Å². The molecule has 5 nitrogen and oxygen atoms in total. The first kappa shape index (κ1) is 13.6. The Hall–Kier alpha value is -1.46. The number of methoxy groups -OCH3 is 1. The molecule has 0 aliphatic heterocycles. The highest BCUT2D eigenvalue weighted by Crippen LogP contribution is 2.24. The molecule has 0 saturated carbocycles. The zero-order valence-electron chi connectivity index (χ0n) is 10.3. The van der Waals surface area contributed by atoms with E-state index in [0.29, 0.717) is 5.75 Å². The van der Waals surface area contributed by atoms with E-state index in [1.54, 1.807) is 19.1 Å². The Bertz CT molecular complexity index is 363. The normalized spacial score (nSPS) is 16.0. The van der Waals surface area contributed by atoms with Crippen LogP contribution >= 0.6 is 0 Å². The minimum Gasteiger partial charge on any atom is -0.460 e. The first-order valence-corrected chi connectivity index (χ1v) is 5.38. The third-order valence-corrected chi connectivity index (χ3v) is 2.62. The highest BCUT2D eigenvalue weighted by molar-refractivity contribution is 5.27. The Morgan fingerprint density at radius 2 is 2.00 bits per heavy atom. The monoisotopic (exact) mass is 238 g/mol. The average molecular weight is 238 g/mol. The Balaban J connectivity index is 2.88. The highest BCUT2D eigenvalue weighted by atomic mass is 16.6. The van der Waals surface area contributed by atoms with Crippen molar-refractivity contribution in [3.05, 3.63) is 34.7 Å². The molecule has 1 aromatic carbocycles. The van der Waals surface area contributed by atoms with Crippen molar-refractivity contribution in [2.75, 3.05) is 13.7 Å². The summed E-state index contributed by atoms with van der Waals surface area (Å²) in [6.45, 7) is 3.68. The molecular formula is C12H18N2O3. The van der Waals surface area contributed by atoms with Crippen molar-refractivity contribution in [3.8, 4) is 5.75 Å². The summed E-state index contributed by atoms with van der Waals surface area (Å²) in [5.41, 5.74) is 5.31.